The average molecular weight is 465 g/mol. The number of nitrogens with one attached hydrogen (secondary N) is 2. The maximum absolute atomic E-state index is 13.9. The summed E-state index contributed by atoms with van der Waals surface area (Å²) in [5.41, 5.74) is 6.20. The van der Waals surface area contributed by atoms with Gasteiger partial charge in [0.15, 0.2) is 0 Å². The van der Waals surface area contributed by atoms with Gasteiger partial charge in [0, 0.05) is 56.8 Å². The summed E-state index contributed by atoms with van der Waals surface area (Å²) in [4.78, 5) is 45.9. The molecular formula is C24H25FN6O3. The number of hydrogen-bond donors (Lipinski definition) is 2. The third-order valence-corrected chi connectivity index (χ3v) is 6.37. The molecule has 0 saturated carbocycles. The molecule has 3 aromatic rings. The molecule has 3 amide bonds. The minimum atomic E-state index is -0.490. The average Bonchev–Trinajstić information content (AvgIpc) is 3.33. The van der Waals surface area contributed by atoms with Gasteiger partial charge in [0.2, 0.25) is 0 Å². The molecule has 2 aliphatic heterocycles. The van der Waals surface area contributed by atoms with E-state index in [1.807, 2.05) is 6.07 Å². The lowest BCUT2D eigenvalue weighted by Crippen LogP contribution is -2.55. The molecule has 34 heavy (non-hydrogen) atoms. The van der Waals surface area contributed by atoms with Crippen LogP contribution in [0.3, 0.4) is 0 Å². The third kappa shape index (κ3) is 4.36. The van der Waals surface area contributed by atoms with E-state index in [0.29, 0.717) is 61.3 Å². The number of aryl methyl sites for hydroxylation is 1. The van der Waals surface area contributed by atoms with E-state index in [-0.39, 0.29) is 11.4 Å². The minimum Gasteiger partial charge on any atom is -0.321 e. The van der Waals surface area contributed by atoms with Crippen molar-refractivity contribution in [2.45, 2.75) is 25.9 Å². The van der Waals surface area contributed by atoms with Gasteiger partial charge in [0.05, 0.1) is 10.9 Å². The minimum absolute atomic E-state index is 0.0908. The number of urea groups is 1. The molecule has 0 unspecified atom stereocenters. The quantitative estimate of drug-likeness (QED) is 0.575. The number of piperazine rings is 1. The Hall–Kier alpha value is -3.79. The fraction of sp³-hybridized carbons (Fsp3) is 0.333. The van der Waals surface area contributed by atoms with Crippen molar-refractivity contribution in [2.75, 3.05) is 26.2 Å². The summed E-state index contributed by atoms with van der Waals surface area (Å²) in [6.45, 7) is 3.29. The summed E-state index contributed by atoms with van der Waals surface area (Å²) in [7, 11) is 0. The molecule has 2 N–H and O–H groups in total. The Morgan fingerprint density at radius 3 is 2.59 bits per heavy atom. The van der Waals surface area contributed by atoms with Crippen LogP contribution in [0.2, 0.25) is 0 Å². The Morgan fingerprint density at radius 2 is 1.79 bits per heavy atom. The fourth-order valence-electron chi connectivity index (χ4n) is 4.46. The Balaban J connectivity index is 1.16. The maximum Gasteiger partial charge on any atom is 0.336 e. The van der Waals surface area contributed by atoms with Crippen molar-refractivity contribution < 1.29 is 14.0 Å². The van der Waals surface area contributed by atoms with E-state index in [1.165, 1.54) is 6.07 Å². The van der Waals surface area contributed by atoms with Crippen LogP contribution in [0.5, 0.6) is 0 Å². The smallest absolute Gasteiger partial charge is 0.321 e. The van der Waals surface area contributed by atoms with E-state index in [9.17, 15) is 18.8 Å². The van der Waals surface area contributed by atoms with Gasteiger partial charge in [-0.1, -0.05) is 18.2 Å². The van der Waals surface area contributed by atoms with Gasteiger partial charge in [-0.2, -0.15) is 0 Å². The van der Waals surface area contributed by atoms with E-state index in [2.05, 4.69) is 20.7 Å². The van der Waals surface area contributed by atoms with Crippen molar-refractivity contribution in [1.82, 2.24) is 30.2 Å². The van der Waals surface area contributed by atoms with Crippen LogP contribution >= 0.6 is 0 Å². The van der Waals surface area contributed by atoms with Crippen molar-refractivity contribution in [1.29, 1.82) is 0 Å². The molecular weight excluding hydrogens is 439 g/mol. The zero-order valence-corrected chi connectivity index (χ0v) is 18.6. The van der Waals surface area contributed by atoms with E-state index in [1.54, 1.807) is 39.8 Å². The van der Waals surface area contributed by atoms with Gasteiger partial charge in [0.25, 0.3) is 11.5 Å². The van der Waals surface area contributed by atoms with Crippen molar-refractivity contribution in [3.05, 3.63) is 75.6 Å². The number of hydrogen-bond acceptors (Lipinski definition) is 5. The number of hydrazine groups is 1. The van der Waals surface area contributed by atoms with Crippen LogP contribution in [0, 0.1) is 5.82 Å². The van der Waals surface area contributed by atoms with Gasteiger partial charge in [-0.05, 0) is 30.7 Å². The molecule has 0 aliphatic carbocycles. The summed E-state index contributed by atoms with van der Waals surface area (Å²) < 4.78 is 15.5. The molecule has 0 spiro atoms. The molecule has 10 heteroatoms. The van der Waals surface area contributed by atoms with E-state index < -0.39 is 11.9 Å². The number of aromatic nitrogens is 2. The highest BCUT2D eigenvalue weighted by Crippen LogP contribution is 2.16. The van der Waals surface area contributed by atoms with Gasteiger partial charge in [-0.25, -0.2) is 19.6 Å². The second-order valence-electron chi connectivity index (χ2n) is 8.56. The normalized spacial score (nSPS) is 15.9. The van der Waals surface area contributed by atoms with Crippen molar-refractivity contribution >= 4 is 22.8 Å². The van der Waals surface area contributed by atoms with Crippen molar-refractivity contribution in [3.8, 4) is 0 Å². The van der Waals surface area contributed by atoms with Gasteiger partial charge < -0.3 is 4.90 Å². The highest BCUT2D eigenvalue weighted by molar-refractivity contribution is 5.98. The molecule has 2 aromatic carbocycles. The Labute approximate surface area is 195 Å². The van der Waals surface area contributed by atoms with Crippen LogP contribution in [0.4, 0.5) is 9.18 Å². The number of benzene rings is 2. The first kappa shape index (κ1) is 22.0. The second-order valence-corrected chi connectivity index (χ2v) is 8.56. The highest BCUT2D eigenvalue weighted by atomic mass is 19.1. The first-order valence-electron chi connectivity index (χ1n) is 11.3. The summed E-state index contributed by atoms with van der Waals surface area (Å²) >= 11 is 0. The van der Waals surface area contributed by atoms with Crippen LogP contribution in [0.25, 0.3) is 10.9 Å². The molecule has 0 radical (unpaired) electrons. The predicted molar refractivity (Wildman–Crippen MR) is 124 cm³/mol. The van der Waals surface area contributed by atoms with Gasteiger partial charge in [-0.15, -0.1) is 0 Å². The van der Waals surface area contributed by atoms with E-state index in [4.69, 9.17) is 0 Å². The lowest BCUT2D eigenvalue weighted by molar-refractivity contribution is 0.0919. The standard InChI is InChI=1S/C24H25FN6O3/c25-19-5-2-1-4-17(19)15-29-10-12-30(13-11-29)24(34)28-27-22(32)16-7-8-18-20(14-16)26-21-6-3-9-31(21)23(18)33/h1-2,4-5,7-8,14H,3,6,9-13,15H2,(H,27,32)(H,28,34). The fourth-order valence-corrected chi connectivity index (χ4v) is 4.46. The molecule has 176 valence electrons. The SMILES string of the molecule is O=C(NNC(=O)N1CCN(Cc2ccccc2F)CC1)c1ccc2c(=O)n3c(nc2c1)CCC3. The predicted octanol–water partition coefficient (Wildman–Crippen LogP) is 1.65. The van der Waals surface area contributed by atoms with Crippen LogP contribution < -0.4 is 16.4 Å². The van der Waals surface area contributed by atoms with Gasteiger partial charge in [-0.3, -0.25) is 24.5 Å². The number of carbonyl (C=O) groups is 2. The highest BCUT2D eigenvalue weighted by Gasteiger charge is 2.22. The summed E-state index contributed by atoms with van der Waals surface area (Å²) in [6, 6.07) is 11.0. The molecule has 1 saturated heterocycles. The Morgan fingerprint density at radius 1 is 1.00 bits per heavy atom. The first-order chi connectivity index (χ1) is 16.5. The van der Waals surface area contributed by atoms with E-state index >= 15 is 0 Å². The molecule has 0 atom stereocenters. The monoisotopic (exact) mass is 464 g/mol. The van der Waals surface area contributed by atoms with Crippen LogP contribution in [0.1, 0.15) is 28.2 Å². The number of fused-ring (bicyclic) bond motifs is 2. The number of halogens is 1. The first-order valence-corrected chi connectivity index (χ1v) is 11.3. The van der Waals surface area contributed by atoms with Crippen LogP contribution in [0.15, 0.2) is 47.3 Å². The largest absolute Gasteiger partial charge is 0.336 e. The summed E-state index contributed by atoms with van der Waals surface area (Å²) in [6.07, 6.45) is 1.63. The third-order valence-electron chi connectivity index (χ3n) is 6.37. The Bertz CT molecular complexity index is 1320. The summed E-state index contributed by atoms with van der Waals surface area (Å²) in [5, 5.41) is 0.472. The number of amides is 3. The Kier molecular flexibility index (Phi) is 5.97. The molecule has 0 bridgehead atoms. The number of carbonyl (C=O) groups excluding carboxylic acids is 2. The zero-order valence-electron chi connectivity index (χ0n) is 18.6. The molecule has 1 fully saturated rings. The van der Waals surface area contributed by atoms with Crippen molar-refractivity contribution in [3.63, 3.8) is 0 Å². The molecule has 1 aromatic heterocycles. The van der Waals surface area contributed by atoms with Gasteiger partial charge in [0.1, 0.15) is 11.6 Å². The topological polar surface area (TPSA) is 99.6 Å². The lowest BCUT2D eigenvalue weighted by Gasteiger charge is -2.34. The molecule has 5 rings (SSSR count). The molecule has 2 aliphatic rings. The number of rotatable bonds is 3. The second kappa shape index (κ2) is 9.22. The molecule has 3 heterocycles. The lowest BCUT2D eigenvalue weighted by atomic mass is 10.1. The number of nitrogens with zero attached hydrogens (tertiary/aromatic N) is 4. The van der Waals surface area contributed by atoms with Crippen molar-refractivity contribution in [2.24, 2.45) is 0 Å². The molecule has 9 nitrogen and oxygen atoms in total. The van der Waals surface area contributed by atoms with Crippen LogP contribution in [-0.2, 0) is 19.5 Å². The summed E-state index contributed by atoms with van der Waals surface area (Å²) in [5.74, 6) is 0.0113. The zero-order chi connectivity index (χ0) is 23.7. The maximum atomic E-state index is 13.9. The van der Waals surface area contributed by atoms with Crippen LogP contribution in [-0.4, -0.2) is 57.5 Å². The van der Waals surface area contributed by atoms with Gasteiger partial charge >= 0.3 is 6.03 Å². The van der Waals surface area contributed by atoms with E-state index in [0.717, 1.165) is 18.7 Å².